The lowest BCUT2D eigenvalue weighted by molar-refractivity contribution is -0.123. The molecule has 2 aromatic rings. The number of hydrogen-bond acceptors (Lipinski definition) is 4. The van der Waals surface area contributed by atoms with E-state index < -0.39 is 0 Å². The summed E-state index contributed by atoms with van der Waals surface area (Å²) in [4.78, 5) is 23.7. The average Bonchev–Trinajstić information content (AvgIpc) is 2.66. The summed E-state index contributed by atoms with van der Waals surface area (Å²) in [5, 5.41) is 2.89. The minimum absolute atomic E-state index is 0.0776. The highest BCUT2D eigenvalue weighted by molar-refractivity contribution is 9.10. The van der Waals surface area contributed by atoms with E-state index in [2.05, 4.69) is 21.2 Å². The molecule has 1 unspecified atom stereocenters. The van der Waals surface area contributed by atoms with Crippen molar-refractivity contribution in [3.05, 3.63) is 58.1 Å². The number of hydrogen-bond donors (Lipinski definition) is 1. The van der Waals surface area contributed by atoms with Crippen LogP contribution in [0.2, 0.25) is 0 Å². The van der Waals surface area contributed by atoms with Crippen molar-refractivity contribution >= 4 is 27.6 Å². The first-order valence-electron chi connectivity index (χ1n) is 8.33. The summed E-state index contributed by atoms with van der Waals surface area (Å²) < 4.78 is 11.5. The number of ether oxygens (including phenoxy) is 2. The molecule has 138 valence electrons. The Labute approximate surface area is 161 Å². The van der Waals surface area contributed by atoms with Crippen molar-refractivity contribution in [3.63, 3.8) is 0 Å². The molecule has 0 fully saturated rings. The first-order valence-corrected chi connectivity index (χ1v) is 9.12. The number of amides is 1. The van der Waals surface area contributed by atoms with Crippen LogP contribution in [0.3, 0.4) is 0 Å². The molecule has 0 heterocycles. The molecule has 26 heavy (non-hydrogen) atoms. The van der Waals surface area contributed by atoms with Crippen LogP contribution < -0.4 is 14.8 Å². The molecule has 0 radical (unpaired) electrons. The maximum absolute atomic E-state index is 12.1. The van der Waals surface area contributed by atoms with Crippen molar-refractivity contribution in [3.8, 4) is 11.5 Å². The van der Waals surface area contributed by atoms with Gasteiger partial charge in [-0.2, -0.15) is 0 Å². The molecule has 1 N–H and O–H groups in total. The van der Waals surface area contributed by atoms with Crippen molar-refractivity contribution in [2.75, 3.05) is 13.7 Å². The Morgan fingerprint density at radius 3 is 2.42 bits per heavy atom. The summed E-state index contributed by atoms with van der Waals surface area (Å²) in [6.45, 7) is 3.62. The second-order valence-electron chi connectivity index (χ2n) is 5.77. The second-order valence-corrected chi connectivity index (χ2v) is 6.63. The Morgan fingerprint density at radius 2 is 1.85 bits per heavy atom. The molecule has 1 amide bonds. The molecule has 0 saturated carbocycles. The van der Waals surface area contributed by atoms with Gasteiger partial charge in [-0.15, -0.1) is 0 Å². The molecule has 0 spiro atoms. The largest absolute Gasteiger partial charge is 0.496 e. The van der Waals surface area contributed by atoms with Crippen molar-refractivity contribution in [1.82, 2.24) is 5.32 Å². The van der Waals surface area contributed by atoms with E-state index in [-0.39, 0.29) is 24.3 Å². The summed E-state index contributed by atoms with van der Waals surface area (Å²) in [7, 11) is 1.60. The molecule has 2 aromatic carbocycles. The summed E-state index contributed by atoms with van der Waals surface area (Å²) >= 11 is 3.44. The normalized spacial score (nSPS) is 11.5. The third-order valence-electron chi connectivity index (χ3n) is 3.92. The van der Waals surface area contributed by atoms with Crippen molar-refractivity contribution < 1.29 is 19.1 Å². The minimum atomic E-state index is -0.224. The summed E-state index contributed by atoms with van der Waals surface area (Å²) in [5.41, 5.74) is 1.59. The van der Waals surface area contributed by atoms with Gasteiger partial charge in [0.05, 0.1) is 17.6 Å². The number of rotatable bonds is 8. The predicted octanol–water partition coefficient (Wildman–Crippen LogP) is 4.31. The van der Waals surface area contributed by atoms with Gasteiger partial charge in [0.25, 0.3) is 5.91 Å². The fourth-order valence-corrected chi connectivity index (χ4v) is 2.97. The number of nitrogens with one attached hydrogen (secondary N) is 1. The molecular weight excluding hydrogens is 398 g/mol. The fraction of sp³-hybridized carbons (Fsp3) is 0.300. The lowest BCUT2D eigenvalue weighted by Gasteiger charge is -2.16. The molecule has 2 rings (SSSR count). The maximum Gasteiger partial charge on any atom is 0.258 e. The number of carbonyl (C=O) groups excluding carboxylic acids is 2. The average molecular weight is 420 g/mol. The highest BCUT2D eigenvalue weighted by Gasteiger charge is 2.12. The molecule has 0 aliphatic carbocycles. The Hall–Kier alpha value is -2.34. The number of halogens is 1. The smallest absolute Gasteiger partial charge is 0.258 e. The highest BCUT2D eigenvalue weighted by Crippen LogP contribution is 2.27. The number of ketones is 1. The lowest BCUT2D eigenvalue weighted by Crippen LogP contribution is -2.31. The molecule has 0 aromatic heterocycles. The first-order chi connectivity index (χ1) is 12.4. The van der Waals surface area contributed by atoms with Gasteiger partial charge in [0.2, 0.25) is 0 Å². The van der Waals surface area contributed by atoms with Gasteiger partial charge in [0.1, 0.15) is 11.5 Å². The van der Waals surface area contributed by atoms with Crippen LogP contribution in [0.25, 0.3) is 0 Å². The van der Waals surface area contributed by atoms with Gasteiger partial charge in [-0.25, -0.2) is 0 Å². The van der Waals surface area contributed by atoms with Crippen LogP contribution in [0, 0.1) is 0 Å². The van der Waals surface area contributed by atoms with Crippen LogP contribution in [-0.2, 0) is 4.79 Å². The van der Waals surface area contributed by atoms with Crippen LogP contribution in [0.5, 0.6) is 11.5 Å². The van der Waals surface area contributed by atoms with Gasteiger partial charge in [-0.3, -0.25) is 9.59 Å². The van der Waals surface area contributed by atoms with Gasteiger partial charge in [-0.05, 0) is 64.8 Å². The van der Waals surface area contributed by atoms with Crippen LogP contribution in [0.1, 0.15) is 42.2 Å². The van der Waals surface area contributed by atoms with Crippen LogP contribution in [0.4, 0.5) is 0 Å². The molecule has 0 bridgehead atoms. The lowest BCUT2D eigenvalue weighted by atomic mass is 10.1. The standard InChI is InChI=1S/C20H22BrNO4/c1-4-18(23)14-5-8-16(9-6-14)26-12-20(24)22-13(2)15-7-10-19(25-3)17(21)11-15/h5-11,13H,4,12H2,1-3H3,(H,22,24). The Bertz CT molecular complexity index is 774. The summed E-state index contributed by atoms with van der Waals surface area (Å²) in [6.07, 6.45) is 0.460. The van der Waals surface area contributed by atoms with Gasteiger partial charge in [-0.1, -0.05) is 13.0 Å². The zero-order chi connectivity index (χ0) is 19.1. The van der Waals surface area contributed by atoms with Gasteiger partial charge in [0, 0.05) is 12.0 Å². The van der Waals surface area contributed by atoms with Crippen LogP contribution in [-0.4, -0.2) is 25.4 Å². The van der Waals surface area contributed by atoms with Gasteiger partial charge >= 0.3 is 0 Å². The number of carbonyl (C=O) groups is 2. The van der Waals surface area contributed by atoms with E-state index in [0.717, 1.165) is 15.8 Å². The number of methoxy groups -OCH3 is 1. The summed E-state index contributed by atoms with van der Waals surface area (Å²) in [6, 6.07) is 12.3. The Balaban J connectivity index is 1.88. The number of benzene rings is 2. The first kappa shape index (κ1) is 20.0. The van der Waals surface area contributed by atoms with E-state index in [4.69, 9.17) is 9.47 Å². The Kier molecular flexibility index (Phi) is 7.21. The number of Topliss-reactive ketones (excluding diaryl/α,β-unsaturated/α-hetero) is 1. The van der Waals surface area contributed by atoms with E-state index >= 15 is 0 Å². The third kappa shape index (κ3) is 5.33. The topological polar surface area (TPSA) is 64.6 Å². The quantitative estimate of drug-likeness (QED) is 0.647. The Morgan fingerprint density at radius 1 is 1.15 bits per heavy atom. The summed E-state index contributed by atoms with van der Waals surface area (Å²) in [5.74, 6) is 1.14. The zero-order valence-electron chi connectivity index (χ0n) is 15.0. The SMILES string of the molecule is CCC(=O)c1ccc(OCC(=O)NC(C)c2ccc(OC)c(Br)c2)cc1. The van der Waals surface area contributed by atoms with E-state index in [1.165, 1.54) is 0 Å². The van der Waals surface area contributed by atoms with Crippen LogP contribution in [0.15, 0.2) is 46.9 Å². The molecule has 0 aliphatic rings. The molecular formula is C20H22BrNO4. The zero-order valence-corrected chi connectivity index (χ0v) is 16.6. The van der Waals surface area contributed by atoms with Crippen molar-refractivity contribution in [1.29, 1.82) is 0 Å². The highest BCUT2D eigenvalue weighted by atomic mass is 79.9. The van der Waals surface area contributed by atoms with Gasteiger partial charge < -0.3 is 14.8 Å². The minimum Gasteiger partial charge on any atom is -0.496 e. The molecule has 0 aliphatic heterocycles. The van der Waals surface area contributed by atoms with Crippen LogP contribution >= 0.6 is 15.9 Å². The van der Waals surface area contributed by atoms with Crippen molar-refractivity contribution in [2.45, 2.75) is 26.3 Å². The molecule has 1 atom stereocenters. The maximum atomic E-state index is 12.1. The molecule has 0 saturated heterocycles. The van der Waals surface area contributed by atoms with E-state index in [9.17, 15) is 9.59 Å². The van der Waals surface area contributed by atoms with E-state index in [1.54, 1.807) is 31.4 Å². The second kappa shape index (κ2) is 9.38. The monoisotopic (exact) mass is 419 g/mol. The van der Waals surface area contributed by atoms with E-state index in [1.807, 2.05) is 32.0 Å². The molecule has 6 heteroatoms. The fourth-order valence-electron chi connectivity index (χ4n) is 2.41. The predicted molar refractivity (Wildman–Crippen MR) is 104 cm³/mol. The van der Waals surface area contributed by atoms with E-state index in [0.29, 0.717) is 17.7 Å². The van der Waals surface area contributed by atoms with Crippen molar-refractivity contribution in [2.24, 2.45) is 0 Å². The third-order valence-corrected chi connectivity index (χ3v) is 4.54. The van der Waals surface area contributed by atoms with Gasteiger partial charge in [0.15, 0.2) is 12.4 Å². The molecule has 5 nitrogen and oxygen atoms in total.